The van der Waals surface area contributed by atoms with Crippen molar-refractivity contribution in [1.29, 1.82) is 0 Å². The summed E-state index contributed by atoms with van der Waals surface area (Å²) in [5.74, 6) is -0.171. The Bertz CT molecular complexity index is 610. The number of hydrogen-bond acceptors (Lipinski definition) is 3. The van der Waals surface area contributed by atoms with Crippen LogP contribution in [0, 0.1) is 5.82 Å². The lowest BCUT2D eigenvalue weighted by Crippen LogP contribution is -2.34. The molecule has 0 fully saturated rings. The Hall–Kier alpha value is -1.72. The Morgan fingerprint density at radius 2 is 1.96 bits per heavy atom. The fraction of sp³-hybridized carbons (Fsp3) is 0.389. The first-order valence-corrected chi connectivity index (χ1v) is 8.57. The molecule has 0 saturated heterocycles. The molecule has 0 bridgehead atoms. The van der Waals surface area contributed by atoms with Crippen molar-refractivity contribution in [3.05, 3.63) is 58.0 Å². The Labute approximate surface area is 141 Å². The fourth-order valence-electron chi connectivity index (χ4n) is 2.49. The van der Waals surface area contributed by atoms with Crippen LogP contribution in [0.3, 0.4) is 0 Å². The van der Waals surface area contributed by atoms with Gasteiger partial charge in [0.15, 0.2) is 0 Å². The number of nitrogens with one attached hydrogen (secondary N) is 1. The molecule has 1 N–H and O–H groups in total. The monoisotopic (exact) mass is 334 g/mol. The van der Waals surface area contributed by atoms with Crippen LogP contribution in [-0.2, 0) is 4.79 Å². The highest BCUT2D eigenvalue weighted by Gasteiger charge is 2.17. The molecule has 0 spiro atoms. The molecule has 0 radical (unpaired) electrons. The van der Waals surface area contributed by atoms with Crippen LogP contribution in [0.1, 0.15) is 35.7 Å². The van der Waals surface area contributed by atoms with Crippen molar-refractivity contribution in [3.63, 3.8) is 0 Å². The smallest absolute Gasteiger partial charge is 0.220 e. The molecule has 0 aliphatic rings. The van der Waals surface area contributed by atoms with E-state index in [1.807, 2.05) is 32.5 Å². The van der Waals surface area contributed by atoms with E-state index in [2.05, 4.69) is 16.3 Å². The molecule has 1 aromatic carbocycles. The third kappa shape index (κ3) is 5.15. The highest BCUT2D eigenvalue weighted by molar-refractivity contribution is 7.10. The summed E-state index contributed by atoms with van der Waals surface area (Å²) >= 11 is 1.69. The van der Waals surface area contributed by atoms with Crippen molar-refractivity contribution in [2.75, 3.05) is 20.6 Å². The molecular formula is C18H23FN2OS. The summed E-state index contributed by atoms with van der Waals surface area (Å²) < 4.78 is 12.9. The van der Waals surface area contributed by atoms with E-state index >= 15 is 0 Å². The van der Waals surface area contributed by atoms with Gasteiger partial charge in [-0.25, -0.2) is 4.39 Å². The van der Waals surface area contributed by atoms with Gasteiger partial charge in [0, 0.05) is 17.8 Å². The van der Waals surface area contributed by atoms with Gasteiger partial charge in [0.1, 0.15) is 5.82 Å². The quantitative estimate of drug-likeness (QED) is 0.835. The highest BCUT2D eigenvalue weighted by Crippen LogP contribution is 2.23. The normalized spacial score (nSPS) is 13.8. The van der Waals surface area contributed by atoms with E-state index in [4.69, 9.17) is 0 Å². The molecule has 1 aromatic heterocycles. The largest absolute Gasteiger partial charge is 0.354 e. The molecule has 0 aliphatic heterocycles. The third-order valence-corrected chi connectivity index (χ3v) is 4.89. The highest BCUT2D eigenvalue weighted by atomic mass is 32.1. The Morgan fingerprint density at radius 1 is 1.26 bits per heavy atom. The number of likely N-dealkylation sites (N-methyl/N-ethyl adjacent to an activating group) is 1. The topological polar surface area (TPSA) is 32.3 Å². The van der Waals surface area contributed by atoms with Crippen LogP contribution >= 0.6 is 11.3 Å². The van der Waals surface area contributed by atoms with E-state index in [9.17, 15) is 9.18 Å². The number of hydrogen-bond donors (Lipinski definition) is 1. The van der Waals surface area contributed by atoms with Crippen LogP contribution < -0.4 is 5.32 Å². The molecule has 5 heteroatoms. The lowest BCUT2D eigenvalue weighted by Gasteiger charge is -2.24. The number of amides is 1. The van der Waals surface area contributed by atoms with Gasteiger partial charge in [-0.3, -0.25) is 4.79 Å². The number of rotatable bonds is 7. The van der Waals surface area contributed by atoms with Gasteiger partial charge in [0.25, 0.3) is 0 Å². The molecule has 0 saturated carbocycles. The van der Waals surface area contributed by atoms with Gasteiger partial charge in [0.05, 0.1) is 6.04 Å². The van der Waals surface area contributed by atoms with Crippen LogP contribution in [0.4, 0.5) is 4.39 Å². The van der Waals surface area contributed by atoms with E-state index in [0.717, 1.165) is 5.56 Å². The van der Waals surface area contributed by atoms with Gasteiger partial charge < -0.3 is 10.2 Å². The molecule has 2 aromatic rings. The summed E-state index contributed by atoms with van der Waals surface area (Å²) in [6.07, 6.45) is 0.399. The van der Waals surface area contributed by atoms with Crippen LogP contribution in [0.25, 0.3) is 0 Å². The predicted octanol–water partition coefficient (Wildman–Crippen LogP) is 3.80. The number of benzene rings is 1. The molecule has 0 aliphatic carbocycles. The van der Waals surface area contributed by atoms with Gasteiger partial charge >= 0.3 is 0 Å². The summed E-state index contributed by atoms with van der Waals surface area (Å²) in [5.41, 5.74) is 0.976. The Kier molecular flexibility index (Phi) is 6.30. The van der Waals surface area contributed by atoms with Crippen LogP contribution in [0.2, 0.25) is 0 Å². The first-order chi connectivity index (χ1) is 11.0. The standard InChI is InChI=1S/C18H23FN2OS/c1-13(14-6-8-15(19)9-7-14)11-18(22)20-12-16(21(2)3)17-5-4-10-23-17/h4-10,13,16H,11-12H2,1-3H3,(H,20,22). The van der Waals surface area contributed by atoms with E-state index in [-0.39, 0.29) is 23.7 Å². The van der Waals surface area contributed by atoms with Crippen molar-refractivity contribution in [2.45, 2.75) is 25.3 Å². The minimum atomic E-state index is -0.254. The number of carbonyl (C=O) groups excluding carboxylic acids is 1. The molecular weight excluding hydrogens is 311 g/mol. The van der Waals surface area contributed by atoms with Crippen molar-refractivity contribution in [3.8, 4) is 0 Å². The maximum Gasteiger partial charge on any atom is 0.220 e. The van der Waals surface area contributed by atoms with E-state index in [1.54, 1.807) is 23.5 Å². The van der Waals surface area contributed by atoms with Crippen LogP contribution in [-0.4, -0.2) is 31.4 Å². The summed E-state index contributed by atoms with van der Waals surface area (Å²) in [7, 11) is 4.02. The number of halogens is 1. The van der Waals surface area contributed by atoms with Gasteiger partial charge in [-0.1, -0.05) is 25.1 Å². The van der Waals surface area contributed by atoms with Crippen LogP contribution in [0.15, 0.2) is 41.8 Å². The zero-order valence-electron chi connectivity index (χ0n) is 13.8. The second-order valence-corrected chi connectivity index (χ2v) is 6.93. The van der Waals surface area contributed by atoms with Gasteiger partial charge in [-0.2, -0.15) is 0 Å². The molecule has 2 unspecified atom stereocenters. The second-order valence-electron chi connectivity index (χ2n) is 5.96. The molecule has 1 amide bonds. The van der Waals surface area contributed by atoms with Crippen molar-refractivity contribution in [1.82, 2.24) is 10.2 Å². The van der Waals surface area contributed by atoms with Gasteiger partial charge in [0.2, 0.25) is 5.91 Å². The van der Waals surface area contributed by atoms with Crippen LogP contribution in [0.5, 0.6) is 0 Å². The first kappa shape index (κ1) is 17.6. The average molecular weight is 334 g/mol. The predicted molar refractivity (Wildman–Crippen MR) is 93.2 cm³/mol. The number of thiophene rings is 1. The summed E-state index contributed by atoms with van der Waals surface area (Å²) in [6, 6.07) is 10.6. The van der Waals surface area contributed by atoms with Gasteiger partial charge in [-0.15, -0.1) is 11.3 Å². The Morgan fingerprint density at radius 3 is 2.52 bits per heavy atom. The average Bonchev–Trinajstić information content (AvgIpc) is 3.01. The zero-order chi connectivity index (χ0) is 16.8. The second kappa shape index (κ2) is 8.22. The Balaban J connectivity index is 1.87. The maximum atomic E-state index is 12.9. The molecule has 3 nitrogen and oxygen atoms in total. The van der Waals surface area contributed by atoms with Crippen molar-refractivity contribution in [2.24, 2.45) is 0 Å². The summed E-state index contributed by atoms with van der Waals surface area (Å²) in [5, 5.41) is 5.06. The fourth-order valence-corrected chi connectivity index (χ4v) is 3.41. The van der Waals surface area contributed by atoms with Crippen molar-refractivity contribution >= 4 is 17.2 Å². The molecule has 1 heterocycles. The zero-order valence-corrected chi connectivity index (χ0v) is 14.6. The first-order valence-electron chi connectivity index (χ1n) is 7.69. The van der Waals surface area contributed by atoms with Gasteiger partial charge in [-0.05, 0) is 49.2 Å². The molecule has 2 atom stereocenters. The molecule has 23 heavy (non-hydrogen) atoms. The maximum absolute atomic E-state index is 12.9. The lowest BCUT2D eigenvalue weighted by molar-refractivity contribution is -0.121. The lowest BCUT2D eigenvalue weighted by atomic mass is 9.97. The molecule has 124 valence electrons. The van der Waals surface area contributed by atoms with E-state index in [0.29, 0.717) is 13.0 Å². The van der Waals surface area contributed by atoms with E-state index in [1.165, 1.54) is 17.0 Å². The third-order valence-electron chi connectivity index (χ3n) is 3.92. The minimum absolute atomic E-state index is 0.0187. The SMILES string of the molecule is CC(CC(=O)NCC(c1cccs1)N(C)C)c1ccc(F)cc1. The number of nitrogens with zero attached hydrogens (tertiary/aromatic N) is 1. The minimum Gasteiger partial charge on any atom is -0.354 e. The molecule has 2 rings (SSSR count). The van der Waals surface area contributed by atoms with Crippen molar-refractivity contribution < 1.29 is 9.18 Å². The number of carbonyl (C=O) groups is 1. The van der Waals surface area contributed by atoms with E-state index < -0.39 is 0 Å². The summed E-state index contributed by atoms with van der Waals surface area (Å²) in [4.78, 5) is 15.5. The summed E-state index contributed by atoms with van der Waals surface area (Å²) in [6.45, 7) is 2.57.